The molecule has 2 N–H and O–H groups in total. The molecule has 2 heterocycles. The summed E-state index contributed by atoms with van der Waals surface area (Å²) in [6.07, 6.45) is 2.89. The molecule has 4 nitrogen and oxygen atoms in total. The van der Waals surface area contributed by atoms with Crippen LogP contribution in [0, 0.1) is 5.82 Å². The van der Waals surface area contributed by atoms with Crippen LogP contribution >= 0.6 is 27.3 Å². The highest BCUT2D eigenvalue weighted by atomic mass is 79.9. The number of hydrogen-bond acceptors (Lipinski definition) is 3. The van der Waals surface area contributed by atoms with E-state index in [0.29, 0.717) is 25.1 Å². The van der Waals surface area contributed by atoms with E-state index in [1.165, 1.54) is 23.8 Å². The van der Waals surface area contributed by atoms with Gasteiger partial charge >= 0.3 is 6.03 Å². The number of amides is 2. The predicted octanol–water partition coefficient (Wildman–Crippen LogP) is 4.33. The Bertz CT molecular complexity index is 720. The summed E-state index contributed by atoms with van der Waals surface area (Å²) < 4.78 is 14.6. The minimum Gasteiger partial charge on any atom is -0.338 e. The van der Waals surface area contributed by atoms with E-state index in [1.54, 1.807) is 23.5 Å². The number of rotatable bonds is 7. The van der Waals surface area contributed by atoms with Crippen LogP contribution in [0.25, 0.3) is 0 Å². The number of thiophene rings is 1. The Morgan fingerprint density at radius 3 is 2.81 bits per heavy atom. The molecule has 26 heavy (non-hydrogen) atoms. The molecule has 1 unspecified atom stereocenters. The van der Waals surface area contributed by atoms with Crippen molar-refractivity contribution in [3.63, 3.8) is 0 Å². The monoisotopic (exact) mass is 439 g/mol. The number of urea groups is 1. The van der Waals surface area contributed by atoms with Crippen molar-refractivity contribution in [3.05, 3.63) is 56.4 Å². The average Bonchev–Trinajstić information content (AvgIpc) is 3.32. The van der Waals surface area contributed by atoms with Gasteiger partial charge in [-0.05, 0) is 67.6 Å². The summed E-state index contributed by atoms with van der Waals surface area (Å²) in [4.78, 5) is 15.8. The van der Waals surface area contributed by atoms with Gasteiger partial charge in [0.05, 0.1) is 6.04 Å². The lowest BCUT2D eigenvalue weighted by Gasteiger charge is -2.26. The molecule has 1 atom stereocenters. The molecule has 1 aliphatic heterocycles. The number of benzene rings is 1. The average molecular weight is 440 g/mol. The van der Waals surface area contributed by atoms with Gasteiger partial charge < -0.3 is 10.6 Å². The third-order valence-corrected chi connectivity index (χ3v) is 6.06. The van der Waals surface area contributed by atoms with Gasteiger partial charge in [0.25, 0.3) is 0 Å². The molecule has 0 spiro atoms. The molecule has 2 aromatic rings. The fourth-order valence-corrected chi connectivity index (χ4v) is 4.51. The van der Waals surface area contributed by atoms with Crippen LogP contribution in [0.15, 0.2) is 40.2 Å². The highest BCUT2D eigenvalue weighted by Gasteiger charge is 2.24. The number of carbonyl (C=O) groups excluding carboxylic acids is 1. The van der Waals surface area contributed by atoms with Gasteiger partial charge in [0.1, 0.15) is 5.82 Å². The lowest BCUT2D eigenvalue weighted by molar-refractivity contribution is 0.222. The molecule has 140 valence electrons. The topological polar surface area (TPSA) is 44.4 Å². The number of nitrogens with zero attached hydrogens (tertiary/aromatic N) is 1. The summed E-state index contributed by atoms with van der Waals surface area (Å²) in [5.74, 6) is -0.248. The second-order valence-electron chi connectivity index (χ2n) is 6.40. The Kier molecular flexibility index (Phi) is 7.05. The van der Waals surface area contributed by atoms with E-state index in [0.717, 1.165) is 17.6 Å². The molecular weight excluding hydrogens is 417 g/mol. The van der Waals surface area contributed by atoms with Gasteiger partial charge in [0.2, 0.25) is 0 Å². The number of hydrogen-bond donors (Lipinski definition) is 2. The number of likely N-dealkylation sites (tertiary alicyclic amines) is 1. The molecule has 2 amide bonds. The van der Waals surface area contributed by atoms with Crippen molar-refractivity contribution >= 4 is 33.3 Å². The van der Waals surface area contributed by atoms with Crippen molar-refractivity contribution < 1.29 is 9.18 Å². The number of nitrogens with one attached hydrogen (secondary N) is 2. The summed E-state index contributed by atoms with van der Waals surface area (Å²) >= 11 is 5.07. The van der Waals surface area contributed by atoms with Gasteiger partial charge in [-0.3, -0.25) is 4.90 Å². The normalized spacial score (nSPS) is 15.8. The first-order chi connectivity index (χ1) is 12.6. The molecule has 0 saturated carbocycles. The highest BCUT2D eigenvalue weighted by Crippen LogP contribution is 2.27. The summed E-state index contributed by atoms with van der Waals surface area (Å²) in [5.41, 5.74) is 0.591. The first-order valence-corrected chi connectivity index (χ1v) is 10.5. The Morgan fingerprint density at radius 2 is 2.08 bits per heavy atom. The molecular formula is C19H23BrFN3OS. The van der Waals surface area contributed by atoms with Crippen molar-refractivity contribution in [2.45, 2.75) is 25.3 Å². The molecule has 3 rings (SSSR count). The lowest BCUT2D eigenvalue weighted by Crippen LogP contribution is -2.42. The molecule has 0 radical (unpaired) electrons. The Balaban J connectivity index is 1.47. The number of carbonyl (C=O) groups is 1. The van der Waals surface area contributed by atoms with Crippen LogP contribution in [0.1, 0.15) is 29.3 Å². The van der Waals surface area contributed by atoms with E-state index < -0.39 is 0 Å². The summed E-state index contributed by atoms with van der Waals surface area (Å²) in [6.45, 7) is 3.13. The van der Waals surface area contributed by atoms with Crippen LogP contribution < -0.4 is 10.6 Å². The molecule has 1 aromatic heterocycles. The smallest absolute Gasteiger partial charge is 0.314 e. The maximum Gasteiger partial charge on any atom is 0.314 e. The first-order valence-electron chi connectivity index (χ1n) is 8.86. The summed E-state index contributed by atoms with van der Waals surface area (Å²) in [6, 6.07) is 9.05. The van der Waals surface area contributed by atoms with Crippen molar-refractivity contribution in [3.8, 4) is 0 Å². The highest BCUT2D eigenvalue weighted by molar-refractivity contribution is 9.10. The minimum atomic E-state index is -0.248. The van der Waals surface area contributed by atoms with Crippen molar-refractivity contribution in [2.24, 2.45) is 0 Å². The zero-order valence-corrected chi connectivity index (χ0v) is 16.9. The van der Waals surface area contributed by atoms with Crippen LogP contribution in [0.3, 0.4) is 0 Å². The molecule has 1 aliphatic rings. The first kappa shape index (κ1) is 19.3. The molecule has 1 saturated heterocycles. The number of halogens is 2. The van der Waals surface area contributed by atoms with Crippen LogP contribution in [0.4, 0.5) is 9.18 Å². The molecule has 7 heteroatoms. The summed E-state index contributed by atoms with van der Waals surface area (Å²) in [7, 11) is 0. The van der Waals surface area contributed by atoms with Gasteiger partial charge in [-0.1, -0.05) is 22.0 Å². The third-order valence-electron chi connectivity index (χ3n) is 4.60. The second kappa shape index (κ2) is 9.48. The molecule has 1 aromatic carbocycles. The molecule has 0 aliphatic carbocycles. The van der Waals surface area contributed by atoms with Gasteiger partial charge in [0, 0.05) is 22.4 Å². The van der Waals surface area contributed by atoms with E-state index >= 15 is 0 Å². The predicted molar refractivity (Wildman–Crippen MR) is 107 cm³/mol. The van der Waals surface area contributed by atoms with Gasteiger partial charge in [0.15, 0.2) is 0 Å². The van der Waals surface area contributed by atoms with Crippen LogP contribution in [0.5, 0.6) is 0 Å². The zero-order chi connectivity index (χ0) is 18.4. The maximum atomic E-state index is 13.7. The fourth-order valence-electron chi connectivity index (χ4n) is 3.24. The Morgan fingerprint density at radius 1 is 1.27 bits per heavy atom. The standard InChI is InChI=1S/C19H23BrFN3OS/c20-15-5-6-16(21)14(12-15)7-8-22-19(25)23-13-17(18-4-3-11-26-18)24-9-1-2-10-24/h3-6,11-12,17H,1-2,7-10,13H2,(H2,22,23,25). The minimum absolute atomic E-state index is 0.207. The van der Waals surface area contributed by atoms with Gasteiger partial charge in [-0.25, -0.2) is 9.18 Å². The largest absolute Gasteiger partial charge is 0.338 e. The van der Waals surface area contributed by atoms with E-state index in [-0.39, 0.29) is 17.9 Å². The lowest BCUT2D eigenvalue weighted by atomic mass is 10.1. The van der Waals surface area contributed by atoms with E-state index in [9.17, 15) is 9.18 Å². The molecule has 0 bridgehead atoms. The Hall–Kier alpha value is -1.44. The van der Waals surface area contributed by atoms with Crippen LogP contribution in [0.2, 0.25) is 0 Å². The van der Waals surface area contributed by atoms with Crippen molar-refractivity contribution in [2.75, 3.05) is 26.2 Å². The van der Waals surface area contributed by atoms with Crippen molar-refractivity contribution in [1.29, 1.82) is 0 Å². The van der Waals surface area contributed by atoms with E-state index in [2.05, 4.69) is 49.0 Å². The summed E-state index contributed by atoms with van der Waals surface area (Å²) in [5, 5.41) is 7.87. The van der Waals surface area contributed by atoms with Crippen LogP contribution in [-0.2, 0) is 6.42 Å². The van der Waals surface area contributed by atoms with Crippen LogP contribution in [-0.4, -0.2) is 37.1 Å². The van der Waals surface area contributed by atoms with Gasteiger partial charge in [-0.2, -0.15) is 0 Å². The quantitative estimate of drug-likeness (QED) is 0.674. The van der Waals surface area contributed by atoms with Gasteiger partial charge in [-0.15, -0.1) is 11.3 Å². The van der Waals surface area contributed by atoms with Crippen molar-refractivity contribution in [1.82, 2.24) is 15.5 Å². The van der Waals surface area contributed by atoms with E-state index in [1.807, 2.05) is 0 Å². The second-order valence-corrected chi connectivity index (χ2v) is 8.29. The fraction of sp³-hybridized carbons (Fsp3) is 0.421. The zero-order valence-electron chi connectivity index (χ0n) is 14.5. The SMILES string of the molecule is O=C(NCCc1cc(Br)ccc1F)NCC(c1cccs1)N1CCCC1. The third kappa shape index (κ3) is 5.28. The Labute approximate surface area is 165 Å². The maximum absolute atomic E-state index is 13.7. The molecule has 1 fully saturated rings. The van der Waals surface area contributed by atoms with E-state index in [4.69, 9.17) is 0 Å².